The minimum Gasteiger partial charge on any atom is -0.352 e. The molecule has 3 rings (SSSR count). The molecule has 1 aromatic carbocycles. The number of anilines is 3. The number of carbonyl (C=O) groups excluding carboxylic acids is 1. The average Bonchev–Trinajstić information content (AvgIpc) is 2.62. The van der Waals surface area contributed by atoms with Crippen LogP contribution in [0.15, 0.2) is 30.5 Å². The fraction of sp³-hybridized carbons (Fsp3) is 0.267. The number of rotatable bonds is 4. The molecule has 0 spiro atoms. The first kappa shape index (κ1) is 14.7. The molecule has 1 aliphatic rings. The van der Waals surface area contributed by atoms with Crippen molar-refractivity contribution in [2.24, 2.45) is 0 Å². The van der Waals surface area contributed by atoms with Crippen molar-refractivity contribution in [3.05, 3.63) is 36.0 Å². The number of nitrogens with one attached hydrogen (secondary N) is 1. The third-order valence-corrected chi connectivity index (χ3v) is 3.63. The van der Waals surface area contributed by atoms with Gasteiger partial charge in [-0.1, -0.05) is 12.1 Å². The second-order valence-electron chi connectivity index (χ2n) is 5.05. The molecule has 0 unspecified atom stereocenters. The Bertz CT molecular complexity index is 735. The molecule has 1 aliphatic heterocycles. The van der Waals surface area contributed by atoms with E-state index in [1.165, 1.54) is 0 Å². The summed E-state index contributed by atoms with van der Waals surface area (Å²) in [6, 6.07) is 9.26. The highest BCUT2D eigenvalue weighted by Crippen LogP contribution is 2.19. The van der Waals surface area contributed by atoms with Gasteiger partial charge in [-0.05, 0) is 12.1 Å². The number of aromatic nitrogens is 3. The SMILES string of the molecule is N#Cc1ccccc1Nc1nncc(N2CCN(C=O)CC2)n1. The van der Waals surface area contributed by atoms with Gasteiger partial charge in [0, 0.05) is 26.2 Å². The van der Waals surface area contributed by atoms with Crippen LogP contribution < -0.4 is 10.2 Å². The summed E-state index contributed by atoms with van der Waals surface area (Å²) >= 11 is 0. The van der Waals surface area contributed by atoms with E-state index in [0.717, 1.165) is 6.41 Å². The summed E-state index contributed by atoms with van der Waals surface area (Å²) in [7, 11) is 0. The van der Waals surface area contributed by atoms with Crippen molar-refractivity contribution < 1.29 is 4.79 Å². The van der Waals surface area contributed by atoms with Gasteiger partial charge in [0.1, 0.15) is 6.07 Å². The third-order valence-electron chi connectivity index (χ3n) is 3.63. The normalized spacial score (nSPS) is 14.2. The van der Waals surface area contributed by atoms with E-state index in [4.69, 9.17) is 5.26 Å². The van der Waals surface area contributed by atoms with E-state index in [0.29, 0.717) is 49.2 Å². The highest BCUT2D eigenvalue weighted by atomic mass is 16.1. The van der Waals surface area contributed by atoms with Crippen molar-refractivity contribution in [3.8, 4) is 6.07 Å². The fourth-order valence-corrected chi connectivity index (χ4v) is 2.37. The molecule has 0 atom stereocenters. The third kappa shape index (κ3) is 3.35. The van der Waals surface area contributed by atoms with Crippen LogP contribution in [0, 0.1) is 11.3 Å². The zero-order chi connectivity index (χ0) is 16.1. The van der Waals surface area contributed by atoms with Gasteiger partial charge in [0.2, 0.25) is 12.4 Å². The summed E-state index contributed by atoms with van der Waals surface area (Å²) in [6.07, 6.45) is 2.46. The first-order valence-electron chi connectivity index (χ1n) is 7.20. The maximum Gasteiger partial charge on any atom is 0.249 e. The summed E-state index contributed by atoms with van der Waals surface area (Å²) in [6.45, 7) is 2.72. The van der Waals surface area contributed by atoms with E-state index >= 15 is 0 Å². The van der Waals surface area contributed by atoms with E-state index in [9.17, 15) is 4.79 Å². The van der Waals surface area contributed by atoms with Gasteiger partial charge < -0.3 is 15.1 Å². The van der Waals surface area contributed by atoms with Crippen molar-refractivity contribution in [2.75, 3.05) is 36.4 Å². The smallest absolute Gasteiger partial charge is 0.249 e. The topological polar surface area (TPSA) is 98.0 Å². The molecule has 0 saturated carbocycles. The lowest BCUT2D eigenvalue weighted by atomic mass is 10.2. The van der Waals surface area contributed by atoms with E-state index in [2.05, 4.69) is 31.5 Å². The van der Waals surface area contributed by atoms with Gasteiger partial charge in [0.25, 0.3) is 0 Å². The number of benzene rings is 1. The number of hydrogen-bond donors (Lipinski definition) is 1. The minimum absolute atomic E-state index is 0.336. The average molecular weight is 309 g/mol. The molecule has 0 bridgehead atoms. The molecule has 2 heterocycles. The number of nitriles is 1. The number of para-hydroxylation sites is 1. The van der Waals surface area contributed by atoms with Crippen molar-refractivity contribution in [1.82, 2.24) is 20.1 Å². The van der Waals surface area contributed by atoms with Crippen molar-refractivity contribution >= 4 is 23.9 Å². The molecule has 1 fully saturated rings. The maximum atomic E-state index is 10.8. The van der Waals surface area contributed by atoms with E-state index in [1.807, 2.05) is 6.07 Å². The van der Waals surface area contributed by atoms with Crippen LogP contribution in [-0.4, -0.2) is 52.7 Å². The quantitative estimate of drug-likeness (QED) is 0.833. The van der Waals surface area contributed by atoms with Crippen LogP contribution in [0.4, 0.5) is 17.5 Å². The highest BCUT2D eigenvalue weighted by molar-refractivity contribution is 5.63. The van der Waals surface area contributed by atoms with Crippen LogP contribution in [0.2, 0.25) is 0 Å². The van der Waals surface area contributed by atoms with Gasteiger partial charge in [0.15, 0.2) is 5.82 Å². The zero-order valence-electron chi connectivity index (χ0n) is 12.4. The van der Waals surface area contributed by atoms with Crippen LogP contribution in [0.1, 0.15) is 5.56 Å². The summed E-state index contributed by atoms with van der Waals surface area (Å²) in [5.41, 5.74) is 1.15. The number of amides is 1. The Morgan fingerprint density at radius 1 is 1.22 bits per heavy atom. The lowest BCUT2D eigenvalue weighted by molar-refractivity contribution is -0.118. The Morgan fingerprint density at radius 2 is 2.00 bits per heavy atom. The zero-order valence-corrected chi connectivity index (χ0v) is 12.4. The fourth-order valence-electron chi connectivity index (χ4n) is 2.37. The van der Waals surface area contributed by atoms with Gasteiger partial charge in [-0.15, -0.1) is 5.10 Å². The summed E-state index contributed by atoms with van der Waals surface area (Å²) in [5.74, 6) is 1.03. The van der Waals surface area contributed by atoms with Crippen molar-refractivity contribution in [1.29, 1.82) is 5.26 Å². The Balaban J connectivity index is 1.75. The molecule has 23 heavy (non-hydrogen) atoms. The molecular formula is C15H15N7O. The molecule has 2 aromatic rings. The molecule has 116 valence electrons. The van der Waals surface area contributed by atoms with Crippen LogP contribution in [0.3, 0.4) is 0 Å². The van der Waals surface area contributed by atoms with Gasteiger partial charge in [-0.2, -0.15) is 15.3 Å². The number of hydrogen-bond acceptors (Lipinski definition) is 7. The standard InChI is InChI=1S/C15H15N7O/c16-9-12-3-1-2-4-13(12)18-15-19-14(10-17-20-15)22-7-5-21(11-23)6-8-22/h1-4,10-11H,5-8H2,(H,18,19,20). The molecule has 1 saturated heterocycles. The molecule has 0 radical (unpaired) electrons. The molecular weight excluding hydrogens is 294 g/mol. The largest absolute Gasteiger partial charge is 0.352 e. The van der Waals surface area contributed by atoms with Crippen molar-refractivity contribution in [3.63, 3.8) is 0 Å². The van der Waals surface area contributed by atoms with Crippen LogP contribution in [0.25, 0.3) is 0 Å². The summed E-state index contributed by atoms with van der Waals surface area (Å²) in [5, 5.41) is 20.1. The lowest BCUT2D eigenvalue weighted by Crippen LogP contribution is -2.46. The molecule has 1 N–H and O–H groups in total. The highest BCUT2D eigenvalue weighted by Gasteiger charge is 2.17. The van der Waals surface area contributed by atoms with Crippen LogP contribution in [0.5, 0.6) is 0 Å². The molecule has 1 amide bonds. The Morgan fingerprint density at radius 3 is 2.74 bits per heavy atom. The van der Waals surface area contributed by atoms with Gasteiger partial charge in [-0.3, -0.25) is 4.79 Å². The second-order valence-corrected chi connectivity index (χ2v) is 5.05. The predicted octanol–water partition coefficient (Wildman–Crippen LogP) is 0.765. The first-order valence-corrected chi connectivity index (χ1v) is 7.20. The monoisotopic (exact) mass is 309 g/mol. The molecule has 8 nitrogen and oxygen atoms in total. The van der Waals surface area contributed by atoms with Gasteiger partial charge in [0.05, 0.1) is 17.4 Å². The van der Waals surface area contributed by atoms with E-state index in [-0.39, 0.29) is 0 Å². The van der Waals surface area contributed by atoms with E-state index in [1.54, 1.807) is 29.3 Å². The van der Waals surface area contributed by atoms with Gasteiger partial charge >= 0.3 is 0 Å². The number of piperazine rings is 1. The summed E-state index contributed by atoms with van der Waals surface area (Å²) in [4.78, 5) is 19.0. The van der Waals surface area contributed by atoms with Crippen LogP contribution >= 0.6 is 0 Å². The number of nitrogens with zero attached hydrogens (tertiary/aromatic N) is 6. The molecule has 1 aromatic heterocycles. The lowest BCUT2D eigenvalue weighted by Gasteiger charge is -2.33. The Kier molecular flexibility index (Phi) is 4.29. The number of carbonyl (C=O) groups is 1. The van der Waals surface area contributed by atoms with Crippen molar-refractivity contribution in [2.45, 2.75) is 0 Å². The summed E-state index contributed by atoms with van der Waals surface area (Å²) < 4.78 is 0. The maximum absolute atomic E-state index is 10.8. The minimum atomic E-state index is 0.336. The molecule has 8 heteroatoms. The molecule has 0 aliphatic carbocycles. The Hall–Kier alpha value is -3.21. The Labute approximate surface area is 133 Å². The van der Waals surface area contributed by atoms with E-state index < -0.39 is 0 Å². The van der Waals surface area contributed by atoms with Gasteiger partial charge in [-0.25, -0.2) is 0 Å². The second kappa shape index (κ2) is 6.70. The van der Waals surface area contributed by atoms with Crippen LogP contribution in [-0.2, 0) is 4.79 Å². The first-order chi connectivity index (χ1) is 11.3. The predicted molar refractivity (Wildman–Crippen MR) is 84.1 cm³/mol.